The number of rotatable bonds is 12. The Bertz CT molecular complexity index is 9340. The fourth-order valence-corrected chi connectivity index (χ4v) is 23.0. The normalized spacial score (nSPS) is 11.6. The quantitative estimate of drug-likeness (QED) is 0.112. The molecule has 28 aromatic rings. The summed E-state index contributed by atoms with van der Waals surface area (Å²) in [5.41, 5.74) is 26.7. The third-order valence-corrected chi connectivity index (χ3v) is 30.0. The van der Waals surface area contributed by atoms with Crippen LogP contribution in [0.15, 0.2) is 520 Å². The number of hydrogen-bond donors (Lipinski definition) is 0. The highest BCUT2D eigenvalue weighted by molar-refractivity contribution is 7.13. The summed E-state index contributed by atoms with van der Waals surface area (Å²) < 4.78 is 2.29. The molecule has 0 aliphatic rings. The van der Waals surface area contributed by atoms with Gasteiger partial charge >= 0.3 is 0 Å². The van der Waals surface area contributed by atoms with Crippen LogP contribution in [0, 0.1) is 0 Å². The summed E-state index contributed by atoms with van der Waals surface area (Å²) in [6.45, 7) is 0. The molecule has 0 saturated carbocycles. The molecule has 0 spiro atoms. The smallest absolute Gasteiger partial charge is 0.145 e. The lowest BCUT2D eigenvalue weighted by molar-refractivity contribution is 1.10. The molecule has 0 amide bonds. The number of hydrogen-bond acceptors (Lipinski definition) is 3. The van der Waals surface area contributed by atoms with E-state index < -0.39 is 0 Å². The van der Waals surface area contributed by atoms with Crippen LogP contribution in [0.3, 0.4) is 0 Å². The van der Waals surface area contributed by atoms with Crippen LogP contribution in [0.4, 0.5) is 0 Å². The summed E-state index contributed by atoms with van der Waals surface area (Å²) in [5, 5.41) is 34.4. The summed E-state index contributed by atoms with van der Waals surface area (Å²) >= 11 is 3.59. The topological polar surface area (TPSA) is 17.8 Å². The highest BCUT2D eigenvalue weighted by Crippen LogP contribution is 2.52. The lowest BCUT2D eigenvalue weighted by Gasteiger charge is -2.20. The maximum Gasteiger partial charge on any atom is 0.145 e. The molecule has 3 heterocycles. The zero-order valence-electron chi connectivity index (χ0n) is 75.9. The number of aromatic nitrogens is 2. The van der Waals surface area contributed by atoms with Gasteiger partial charge in [0, 0.05) is 21.0 Å². The number of fused-ring (bicyclic) bond motifs is 13. The fraction of sp³-hybridized carbons (Fsp3) is 0. The highest BCUT2D eigenvalue weighted by atomic mass is 32.1. The molecule has 0 bridgehead atoms. The van der Waals surface area contributed by atoms with Crippen LogP contribution < -0.4 is 0 Å². The van der Waals surface area contributed by atoms with Gasteiger partial charge in [-0.05, 0) is 343 Å². The number of para-hydroxylation sites is 3. The van der Waals surface area contributed by atoms with Crippen molar-refractivity contribution in [1.29, 1.82) is 0 Å². The first-order valence-electron chi connectivity index (χ1n) is 47.6. The summed E-state index contributed by atoms with van der Waals surface area (Å²) in [5.74, 6) is 0.930. The van der Waals surface area contributed by atoms with Gasteiger partial charge in [0.15, 0.2) is 0 Å². The first-order chi connectivity index (χ1) is 68.9. The third kappa shape index (κ3) is 15.0. The monoisotopic (exact) mass is 1800 g/mol. The summed E-state index contributed by atoms with van der Waals surface area (Å²) in [4.78, 5) is 7.83. The van der Waals surface area contributed by atoms with Crippen molar-refractivity contribution in [3.63, 3.8) is 0 Å². The Morgan fingerprint density at radius 3 is 0.719 bits per heavy atom. The standard InChI is InChI=1S/C47H30N2.C46H30.C42H26S2/c1-2-16-38(17-3-1)49-44-21-11-10-20-43(44)48-47(49)37-26-27-41-42(30-37)46(36-25-23-32-13-5-7-15-34(32)29-36)40-19-9-8-18-39(40)45(41)35-24-22-31-12-4-6-14-33(31)28-35;1-3-11-31(12-4-1)37-23-25-41-43(29-37)45(39-21-19-33-15-7-9-17-35(33)27-39)42-26-24-38(32-13-5-2-6-14-32)30-44(42)46(41)40-22-20-34-16-8-10-18-36(34)28-40;1-3-9-29-23-33(15-13-27(29)7-1)41-35-19-17-32(40-12-6-22-44-40)26-38(35)42(34-16-14-28-8-2-4-10-30(28)24-34)36-20-18-31(25-37(36)41)39-11-5-21-43-39/h1-30H;1-30H;1-26H. The summed E-state index contributed by atoms with van der Waals surface area (Å²) in [6.07, 6.45) is 0. The summed E-state index contributed by atoms with van der Waals surface area (Å²) in [6, 6.07) is 187. The van der Waals surface area contributed by atoms with Crippen LogP contribution in [0.2, 0.25) is 0 Å². The minimum absolute atomic E-state index is 0.930. The van der Waals surface area contributed by atoms with E-state index in [0.717, 1.165) is 28.1 Å². The molecular formula is C135H86N2S2. The molecule has 648 valence electrons. The molecule has 3 aromatic heterocycles. The first kappa shape index (κ1) is 82.2. The molecule has 0 saturated heterocycles. The van der Waals surface area contributed by atoms with E-state index in [4.69, 9.17) is 4.98 Å². The minimum atomic E-state index is 0.930. The van der Waals surface area contributed by atoms with Gasteiger partial charge in [-0.25, -0.2) is 4.98 Å². The number of benzene rings is 25. The maximum absolute atomic E-state index is 5.25. The average molecular weight is 1800 g/mol. The van der Waals surface area contributed by atoms with Crippen molar-refractivity contribution in [3.8, 4) is 127 Å². The lowest BCUT2D eigenvalue weighted by Crippen LogP contribution is -1.98. The van der Waals surface area contributed by atoms with E-state index in [1.54, 1.807) is 22.7 Å². The third-order valence-electron chi connectivity index (χ3n) is 28.1. The Morgan fingerprint density at radius 1 is 0.151 bits per heavy atom. The van der Waals surface area contributed by atoms with Gasteiger partial charge in [-0.3, -0.25) is 4.57 Å². The molecule has 0 aliphatic carbocycles. The van der Waals surface area contributed by atoms with E-state index in [0.29, 0.717) is 0 Å². The molecule has 0 atom stereocenters. The van der Waals surface area contributed by atoms with E-state index in [-0.39, 0.29) is 0 Å². The van der Waals surface area contributed by atoms with Crippen molar-refractivity contribution in [1.82, 2.24) is 9.55 Å². The second kappa shape index (κ2) is 35.1. The van der Waals surface area contributed by atoms with E-state index >= 15 is 0 Å². The predicted molar refractivity (Wildman–Crippen MR) is 600 cm³/mol. The molecule has 0 N–H and O–H groups in total. The Kier molecular flexibility index (Phi) is 20.7. The van der Waals surface area contributed by atoms with Crippen molar-refractivity contribution in [2.45, 2.75) is 0 Å². The number of imidazole rings is 1. The molecule has 0 fully saturated rings. The SMILES string of the molecule is c1ccc(-c2ccc3c(-c4ccc5ccccc5c4)c4cc(-c5ccccc5)ccc4c(-c4ccc5ccccc5c4)c3c2)cc1.c1ccc(-n2c(-c3ccc4c(-c5ccc6ccccc6c5)c5ccccc5c(-c5ccc6ccccc6c5)c4c3)nc3ccccc32)cc1.c1csc(-c2ccc3c(-c4ccc5ccccc5c4)c4cc(-c5cccs5)ccc4c(-c4ccc5ccccc5c4)c3c2)c1. The second-order valence-electron chi connectivity index (χ2n) is 36.3. The van der Waals surface area contributed by atoms with Crippen molar-refractivity contribution < 1.29 is 0 Å². The van der Waals surface area contributed by atoms with E-state index in [2.05, 4.69) is 525 Å². The molecule has 2 nitrogen and oxygen atoms in total. The van der Waals surface area contributed by atoms with Crippen LogP contribution in [0.25, 0.3) is 267 Å². The Labute approximate surface area is 813 Å². The largest absolute Gasteiger partial charge is 0.292 e. The van der Waals surface area contributed by atoms with Crippen molar-refractivity contribution in [3.05, 3.63) is 520 Å². The van der Waals surface area contributed by atoms with Crippen LogP contribution in [-0.2, 0) is 0 Å². The Balaban J connectivity index is 0.000000108. The Hall–Kier alpha value is -17.5. The Morgan fingerprint density at radius 2 is 0.396 bits per heavy atom. The van der Waals surface area contributed by atoms with Gasteiger partial charge in [0.1, 0.15) is 5.82 Å². The van der Waals surface area contributed by atoms with Gasteiger partial charge in [0.25, 0.3) is 0 Å². The number of nitrogens with zero attached hydrogens (tertiary/aromatic N) is 2. The van der Waals surface area contributed by atoms with Crippen LogP contribution in [0.5, 0.6) is 0 Å². The zero-order chi connectivity index (χ0) is 91.8. The van der Waals surface area contributed by atoms with Gasteiger partial charge < -0.3 is 0 Å². The van der Waals surface area contributed by atoms with E-state index in [1.807, 2.05) is 0 Å². The molecule has 0 radical (unpaired) electrons. The molecule has 0 unspecified atom stereocenters. The maximum atomic E-state index is 5.25. The molecule has 0 aliphatic heterocycles. The second-order valence-corrected chi connectivity index (χ2v) is 38.1. The van der Waals surface area contributed by atoms with Gasteiger partial charge in [-0.1, -0.05) is 406 Å². The summed E-state index contributed by atoms with van der Waals surface area (Å²) in [7, 11) is 0. The fourth-order valence-electron chi connectivity index (χ4n) is 21.6. The van der Waals surface area contributed by atoms with Crippen LogP contribution in [0.1, 0.15) is 0 Å². The van der Waals surface area contributed by atoms with Crippen LogP contribution in [-0.4, -0.2) is 9.55 Å². The van der Waals surface area contributed by atoms with Crippen molar-refractivity contribution >= 4 is 163 Å². The molecule has 4 heteroatoms. The van der Waals surface area contributed by atoms with Crippen molar-refractivity contribution in [2.75, 3.05) is 0 Å². The average Bonchev–Trinajstić information content (AvgIpc) is 1.13. The molecule has 28 rings (SSSR count). The highest BCUT2D eigenvalue weighted by Gasteiger charge is 2.26. The van der Waals surface area contributed by atoms with E-state index in [9.17, 15) is 0 Å². The van der Waals surface area contributed by atoms with Gasteiger partial charge in [0.05, 0.1) is 11.0 Å². The first-order valence-corrected chi connectivity index (χ1v) is 49.4. The minimum Gasteiger partial charge on any atom is -0.292 e. The van der Waals surface area contributed by atoms with Crippen molar-refractivity contribution in [2.24, 2.45) is 0 Å². The number of thiophene rings is 2. The predicted octanol–water partition coefficient (Wildman–Crippen LogP) is 38.7. The molecule has 139 heavy (non-hydrogen) atoms. The van der Waals surface area contributed by atoms with Gasteiger partial charge in [0.2, 0.25) is 0 Å². The van der Waals surface area contributed by atoms with Gasteiger partial charge in [-0.15, -0.1) is 22.7 Å². The lowest BCUT2D eigenvalue weighted by atomic mass is 9.83. The van der Waals surface area contributed by atoms with Crippen LogP contribution >= 0.6 is 22.7 Å². The van der Waals surface area contributed by atoms with Gasteiger partial charge in [-0.2, -0.15) is 0 Å². The molecular weight excluding hydrogens is 1710 g/mol. The zero-order valence-corrected chi connectivity index (χ0v) is 77.5. The van der Waals surface area contributed by atoms with E-state index in [1.165, 1.54) is 239 Å². The molecule has 25 aromatic carbocycles.